The second-order valence-corrected chi connectivity index (χ2v) is 9.72. The largest absolute Gasteiger partial charge is 0.493 e. The maximum atomic E-state index is 13.7. The molecule has 0 aliphatic carbocycles. The summed E-state index contributed by atoms with van der Waals surface area (Å²) in [7, 11) is -1.59. The molecular formula is C22H31FIN3O3S. The van der Waals surface area contributed by atoms with E-state index in [2.05, 4.69) is 29.5 Å². The van der Waals surface area contributed by atoms with E-state index in [4.69, 9.17) is 4.74 Å². The molecule has 0 heterocycles. The molecular weight excluding hydrogens is 532 g/mol. The van der Waals surface area contributed by atoms with Crippen molar-refractivity contribution in [3.63, 3.8) is 0 Å². The van der Waals surface area contributed by atoms with Crippen molar-refractivity contribution in [3.8, 4) is 5.75 Å². The van der Waals surface area contributed by atoms with E-state index in [-0.39, 0.29) is 36.3 Å². The second-order valence-electron chi connectivity index (χ2n) is 7.58. The molecule has 2 aromatic rings. The molecule has 0 aromatic heterocycles. The first-order chi connectivity index (χ1) is 14.2. The number of rotatable bonds is 9. The lowest BCUT2D eigenvalue weighted by Crippen LogP contribution is -2.36. The Kier molecular flexibility index (Phi) is 11.3. The van der Waals surface area contributed by atoms with Gasteiger partial charge in [-0.05, 0) is 35.2 Å². The third-order valence-corrected chi connectivity index (χ3v) is 5.08. The molecule has 0 radical (unpaired) electrons. The van der Waals surface area contributed by atoms with Gasteiger partial charge in [0.1, 0.15) is 11.6 Å². The van der Waals surface area contributed by atoms with E-state index in [1.54, 1.807) is 7.05 Å². The summed E-state index contributed by atoms with van der Waals surface area (Å²) in [4.78, 5) is 4.19. The second kappa shape index (κ2) is 12.8. The molecule has 0 saturated carbocycles. The molecule has 0 aliphatic rings. The van der Waals surface area contributed by atoms with Crippen LogP contribution in [0.3, 0.4) is 0 Å². The molecule has 0 fully saturated rings. The molecule has 9 heteroatoms. The topological polar surface area (TPSA) is 79.8 Å². The molecule has 2 rings (SSSR count). The summed E-state index contributed by atoms with van der Waals surface area (Å²) in [5, 5.41) is 6.33. The summed E-state index contributed by atoms with van der Waals surface area (Å²) in [6.07, 6.45) is 1.16. The molecule has 0 amide bonds. The van der Waals surface area contributed by atoms with E-state index in [1.807, 2.05) is 24.3 Å². The van der Waals surface area contributed by atoms with Gasteiger partial charge in [0.05, 0.1) is 12.4 Å². The average Bonchev–Trinajstić information content (AvgIpc) is 2.68. The minimum absolute atomic E-state index is 0. The van der Waals surface area contributed by atoms with Crippen LogP contribution in [0.4, 0.5) is 4.39 Å². The summed E-state index contributed by atoms with van der Waals surface area (Å²) in [6.45, 7) is 5.56. The van der Waals surface area contributed by atoms with Gasteiger partial charge >= 0.3 is 0 Å². The fraction of sp³-hybridized carbons (Fsp3) is 0.409. The van der Waals surface area contributed by atoms with Gasteiger partial charge in [0.15, 0.2) is 15.8 Å². The number of para-hydroxylation sites is 1. The first-order valence-corrected chi connectivity index (χ1v) is 11.8. The van der Waals surface area contributed by atoms with E-state index < -0.39 is 15.7 Å². The van der Waals surface area contributed by atoms with E-state index in [0.717, 1.165) is 17.6 Å². The average molecular weight is 563 g/mol. The van der Waals surface area contributed by atoms with Gasteiger partial charge in [-0.1, -0.05) is 38.1 Å². The van der Waals surface area contributed by atoms with Crippen LogP contribution < -0.4 is 15.4 Å². The molecule has 0 unspecified atom stereocenters. The van der Waals surface area contributed by atoms with Crippen molar-refractivity contribution < 1.29 is 17.5 Å². The number of guanidine groups is 1. The number of halogens is 2. The maximum Gasteiger partial charge on any atom is 0.191 e. The Morgan fingerprint density at radius 2 is 1.71 bits per heavy atom. The van der Waals surface area contributed by atoms with Gasteiger partial charge < -0.3 is 15.4 Å². The highest BCUT2D eigenvalue weighted by atomic mass is 127. The van der Waals surface area contributed by atoms with Gasteiger partial charge in [0.25, 0.3) is 0 Å². The molecule has 0 aliphatic heterocycles. The summed E-state index contributed by atoms with van der Waals surface area (Å²) in [6, 6.07) is 11.9. The first kappa shape index (κ1) is 27.2. The monoisotopic (exact) mass is 563 g/mol. The Morgan fingerprint density at radius 3 is 2.32 bits per heavy atom. The van der Waals surface area contributed by atoms with E-state index in [9.17, 15) is 12.8 Å². The van der Waals surface area contributed by atoms with Crippen LogP contribution in [-0.2, 0) is 28.7 Å². The fourth-order valence-corrected chi connectivity index (χ4v) is 3.65. The van der Waals surface area contributed by atoms with Crippen LogP contribution in [0.5, 0.6) is 5.75 Å². The lowest BCUT2D eigenvalue weighted by atomic mass is 10.1. The van der Waals surface area contributed by atoms with Crippen LogP contribution in [0.25, 0.3) is 0 Å². The number of nitrogens with zero attached hydrogens (tertiary/aromatic N) is 1. The predicted molar refractivity (Wildman–Crippen MR) is 134 cm³/mol. The normalized spacial score (nSPS) is 11.7. The highest BCUT2D eigenvalue weighted by Crippen LogP contribution is 2.18. The van der Waals surface area contributed by atoms with Crippen molar-refractivity contribution in [3.05, 3.63) is 65.0 Å². The Labute approximate surface area is 201 Å². The predicted octanol–water partition coefficient (Wildman–Crippen LogP) is 3.89. The quantitative estimate of drug-likeness (QED) is 0.275. The number of hydrogen-bond donors (Lipinski definition) is 2. The maximum absolute atomic E-state index is 13.7. The number of hydrogen-bond acceptors (Lipinski definition) is 4. The first-order valence-electron chi connectivity index (χ1n) is 9.78. The van der Waals surface area contributed by atoms with Crippen LogP contribution in [0, 0.1) is 11.7 Å². The van der Waals surface area contributed by atoms with Gasteiger partial charge in [-0.3, -0.25) is 4.99 Å². The molecule has 31 heavy (non-hydrogen) atoms. The zero-order valence-corrected chi connectivity index (χ0v) is 21.5. The number of nitrogens with one attached hydrogen (secondary N) is 2. The molecule has 6 nitrogen and oxygen atoms in total. The standard InChI is InChI=1S/C22H30FN3O3S.HI/c1-16(2)14-29-21-8-6-5-7-17(21)12-25-22(24-3)26-13-19-11-20(23)10-9-18(19)15-30(4,27)28;/h5-11,16H,12-15H2,1-4H3,(H2,24,25,26);1H. The fourth-order valence-electron chi connectivity index (χ4n) is 2.81. The smallest absolute Gasteiger partial charge is 0.191 e. The SMILES string of the molecule is CN=C(NCc1cc(F)ccc1CS(C)(=O)=O)NCc1ccccc1OCC(C)C.I. The third kappa shape index (κ3) is 9.86. The lowest BCUT2D eigenvalue weighted by molar-refractivity contribution is 0.268. The van der Waals surface area contributed by atoms with E-state index in [1.165, 1.54) is 18.2 Å². The van der Waals surface area contributed by atoms with Crippen LogP contribution in [0.2, 0.25) is 0 Å². The highest BCUT2D eigenvalue weighted by molar-refractivity contribution is 14.0. The molecule has 172 valence electrons. The van der Waals surface area contributed by atoms with Crippen molar-refractivity contribution in [2.45, 2.75) is 32.7 Å². The zero-order chi connectivity index (χ0) is 22.1. The number of ether oxygens (including phenoxy) is 1. The van der Waals surface area contributed by atoms with Crippen LogP contribution in [0.1, 0.15) is 30.5 Å². The van der Waals surface area contributed by atoms with Crippen LogP contribution >= 0.6 is 24.0 Å². The van der Waals surface area contributed by atoms with E-state index in [0.29, 0.717) is 36.2 Å². The minimum atomic E-state index is -3.23. The van der Waals surface area contributed by atoms with Gasteiger partial charge in [-0.25, -0.2) is 12.8 Å². The molecule has 2 N–H and O–H groups in total. The summed E-state index contributed by atoms with van der Waals surface area (Å²) in [5.41, 5.74) is 2.13. The van der Waals surface area contributed by atoms with Crippen molar-refractivity contribution in [2.24, 2.45) is 10.9 Å². The van der Waals surface area contributed by atoms with Gasteiger partial charge in [-0.2, -0.15) is 0 Å². The highest BCUT2D eigenvalue weighted by Gasteiger charge is 2.12. The Bertz CT molecular complexity index is 982. The number of aliphatic imine (C=N–C) groups is 1. The Hall–Kier alpha value is -1.88. The van der Waals surface area contributed by atoms with Crippen molar-refractivity contribution in [1.29, 1.82) is 0 Å². The number of sulfone groups is 1. The molecule has 0 bridgehead atoms. The third-order valence-electron chi connectivity index (χ3n) is 4.25. The molecule has 2 aromatic carbocycles. The summed E-state index contributed by atoms with van der Waals surface area (Å²) < 4.78 is 42.9. The summed E-state index contributed by atoms with van der Waals surface area (Å²) in [5.74, 6) is 1.20. The minimum Gasteiger partial charge on any atom is -0.493 e. The van der Waals surface area contributed by atoms with Crippen LogP contribution in [0.15, 0.2) is 47.5 Å². The zero-order valence-electron chi connectivity index (χ0n) is 18.3. The van der Waals surface area contributed by atoms with Crippen molar-refractivity contribution >= 4 is 39.8 Å². The van der Waals surface area contributed by atoms with Crippen molar-refractivity contribution in [1.82, 2.24) is 10.6 Å². The van der Waals surface area contributed by atoms with Gasteiger partial charge in [-0.15, -0.1) is 24.0 Å². The molecule has 0 saturated heterocycles. The molecule has 0 spiro atoms. The Balaban J connectivity index is 0.00000480. The van der Waals surface area contributed by atoms with Gasteiger partial charge in [0.2, 0.25) is 0 Å². The van der Waals surface area contributed by atoms with Gasteiger partial charge in [0, 0.05) is 32.0 Å². The lowest BCUT2D eigenvalue weighted by Gasteiger charge is -2.16. The Morgan fingerprint density at radius 1 is 1.06 bits per heavy atom. The van der Waals surface area contributed by atoms with Crippen molar-refractivity contribution in [2.75, 3.05) is 19.9 Å². The van der Waals surface area contributed by atoms with E-state index >= 15 is 0 Å². The van der Waals surface area contributed by atoms with Crippen LogP contribution in [-0.4, -0.2) is 34.3 Å². The molecule has 0 atom stereocenters. The number of benzene rings is 2. The summed E-state index contributed by atoms with van der Waals surface area (Å²) >= 11 is 0.